The second-order valence-corrected chi connectivity index (χ2v) is 7.44. The molecule has 134 valence electrons. The zero-order valence-corrected chi connectivity index (χ0v) is 15.1. The van der Waals surface area contributed by atoms with Crippen LogP contribution in [0.4, 0.5) is 0 Å². The lowest BCUT2D eigenvalue weighted by atomic mass is 10.1. The molecule has 0 fully saturated rings. The molecule has 0 aliphatic carbocycles. The molecule has 0 radical (unpaired) electrons. The van der Waals surface area contributed by atoms with Gasteiger partial charge in [0.1, 0.15) is 0 Å². The first-order valence-electron chi connectivity index (χ1n) is 8.60. The van der Waals surface area contributed by atoms with Gasteiger partial charge in [-0.1, -0.05) is 51.9 Å². The van der Waals surface area contributed by atoms with Crippen molar-refractivity contribution in [2.75, 3.05) is 25.6 Å². The number of ether oxygens (including phenoxy) is 2. The third kappa shape index (κ3) is 17.9. The molecule has 6 heteroatoms. The van der Waals surface area contributed by atoms with Crippen LogP contribution in [0, 0.1) is 0 Å². The Labute approximate surface area is 136 Å². The fourth-order valence-electron chi connectivity index (χ4n) is 2.16. The highest BCUT2D eigenvalue weighted by molar-refractivity contribution is 7.85. The molecule has 0 aliphatic rings. The van der Waals surface area contributed by atoms with Crippen molar-refractivity contribution in [2.45, 2.75) is 77.7 Å². The van der Waals surface area contributed by atoms with Crippen molar-refractivity contribution in [2.24, 2.45) is 0 Å². The lowest BCUT2D eigenvalue weighted by Gasteiger charge is -2.13. The Morgan fingerprint density at radius 1 is 0.909 bits per heavy atom. The minimum absolute atomic E-state index is 0.0459. The van der Waals surface area contributed by atoms with Gasteiger partial charge in [0.05, 0.1) is 18.5 Å². The number of unbranched alkanes of at least 4 members (excludes halogenated alkanes) is 7. The number of rotatable bonds is 16. The third-order valence-corrected chi connectivity index (χ3v) is 4.25. The maximum atomic E-state index is 10.5. The summed E-state index contributed by atoms with van der Waals surface area (Å²) in [5, 5.41) is 0. The fourth-order valence-corrected chi connectivity index (χ4v) is 2.64. The van der Waals surface area contributed by atoms with Gasteiger partial charge in [-0.25, -0.2) is 0 Å². The van der Waals surface area contributed by atoms with Gasteiger partial charge in [-0.15, -0.1) is 0 Å². The molecule has 1 unspecified atom stereocenters. The van der Waals surface area contributed by atoms with E-state index in [1.165, 1.54) is 44.9 Å². The monoisotopic (exact) mass is 338 g/mol. The molecule has 0 heterocycles. The molecule has 0 bridgehead atoms. The predicted molar refractivity (Wildman–Crippen MR) is 89.9 cm³/mol. The molecule has 0 saturated heterocycles. The second kappa shape index (κ2) is 14.4. The van der Waals surface area contributed by atoms with Crippen molar-refractivity contribution < 1.29 is 22.4 Å². The van der Waals surface area contributed by atoms with Crippen molar-refractivity contribution >= 4 is 10.1 Å². The normalized spacial score (nSPS) is 13.4. The van der Waals surface area contributed by atoms with E-state index >= 15 is 0 Å². The van der Waals surface area contributed by atoms with Crippen LogP contribution < -0.4 is 0 Å². The third-order valence-electron chi connectivity index (χ3n) is 3.44. The van der Waals surface area contributed by atoms with Gasteiger partial charge < -0.3 is 9.47 Å². The van der Waals surface area contributed by atoms with Crippen LogP contribution in [0.3, 0.4) is 0 Å². The molecule has 22 heavy (non-hydrogen) atoms. The topological polar surface area (TPSA) is 72.8 Å². The molecule has 0 spiro atoms. The first-order valence-corrected chi connectivity index (χ1v) is 10.2. The summed E-state index contributed by atoms with van der Waals surface area (Å²) in [4.78, 5) is 0. The van der Waals surface area contributed by atoms with Crippen LogP contribution in [0.5, 0.6) is 0 Å². The van der Waals surface area contributed by atoms with E-state index in [9.17, 15) is 8.42 Å². The maximum Gasteiger partial charge on any atom is 0.264 e. The highest BCUT2D eigenvalue weighted by atomic mass is 32.2. The van der Waals surface area contributed by atoms with E-state index in [1.807, 2.05) is 6.92 Å². The Bertz CT molecular complexity index is 329. The lowest BCUT2D eigenvalue weighted by Crippen LogP contribution is -2.18. The van der Waals surface area contributed by atoms with Gasteiger partial charge in [-0.05, 0) is 19.8 Å². The van der Waals surface area contributed by atoms with Gasteiger partial charge in [-0.2, -0.15) is 8.42 Å². The largest absolute Gasteiger partial charge is 0.379 e. The van der Waals surface area contributed by atoms with E-state index in [0.717, 1.165) is 13.0 Å². The first kappa shape index (κ1) is 21.8. The summed E-state index contributed by atoms with van der Waals surface area (Å²) >= 11 is 0. The summed E-state index contributed by atoms with van der Waals surface area (Å²) in [5.41, 5.74) is 0. The van der Waals surface area contributed by atoms with E-state index < -0.39 is 10.1 Å². The Kier molecular flexibility index (Phi) is 14.3. The summed E-state index contributed by atoms with van der Waals surface area (Å²) in [6.07, 6.45) is 10.5. The molecule has 0 aromatic heterocycles. The van der Waals surface area contributed by atoms with Crippen molar-refractivity contribution in [1.82, 2.24) is 0 Å². The van der Waals surface area contributed by atoms with Crippen LogP contribution in [0.1, 0.15) is 71.6 Å². The highest BCUT2D eigenvalue weighted by Gasteiger charge is 2.06. The summed E-state index contributed by atoms with van der Waals surface area (Å²) in [6, 6.07) is 0. The molecule has 0 aromatic rings. The van der Waals surface area contributed by atoms with Gasteiger partial charge in [0.25, 0.3) is 10.1 Å². The zero-order valence-electron chi connectivity index (χ0n) is 14.3. The van der Waals surface area contributed by atoms with Gasteiger partial charge in [-0.3, -0.25) is 4.55 Å². The smallest absolute Gasteiger partial charge is 0.264 e. The second-order valence-electron chi connectivity index (χ2n) is 5.87. The molecule has 0 rings (SSSR count). The van der Waals surface area contributed by atoms with E-state index in [4.69, 9.17) is 14.0 Å². The Balaban J connectivity index is 3.23. The maximum absolute atomic E-state index is 10.5. The van der Waals surface area contributed by atoms with Crippen molar-refractivity contribution in [3.05, 3.63) is 0 Å². The molecular weight excluding hydrogens is 304 g/mol. The van der Waals surface area contributed by atoms with E-state index in [0.29, 0.717) is 19.6 Å². The Morgan fingerprint density at radius 3 is 2.09 bits per heavy atom. The van der Waals surface area contributed by atoms with E-state index in [1.54, 1.807) is 0 Å². The average Bonchev–Trinajstić information content (AvgIpc) is 2.44. The van der Waals surface area contributed by atoms with Crippen LogP contribution in [-0.2, 0) is 19.6 Å². The van der Waals surface area contributed by atoms with Crippen LogP contribution in [0.25, 0.3) is 0 Å². The van der Waals surface area contributed by atoms with Gasteiger partial charge in [0.15, 0.2) is 0 Å². The number of hydrogen-bond acceptors (Lipinski definition) is 4. The van der Waals surface area contributed by atoms with Crippen molar-refractivity contribution in [3.8, 4) is 0 Å². The van der Waals surface area contributed by atoms with Gasteiger partial charge in [0, 0.05) is 13.2 Å². The highest BCUT2D eigenvalue weighted by Crippen LogP contribution is 2.08. The zero-order chi connectivity index (χ0) is 16.7. The summed E-state index contributed by atoms with van der Waals surface area (Å²) < 4.78 is 40.6. The van der Waals surface area contributed by atoms with Crippen LogP contribution in [0.15, 0.2) is 0 Å². The summed E-state index contributed by atoms with van der Waals surface area (Å²) in [6.45, 7) is 5.75. The first-order chi connectivity index (χ1) is 10.5. The average molecular weight is 339 g/mol. The number of hydrogen-bond donors (Lipinski definition) is 1. The van der Waals surface area contributed by atoms with Gasteiger partial charge >= 0.3 is 0 Å². The molecular formula is C16H34O5S. The fraction of sp³-hybridized carbons (Fsp3) is 1.00. The molecule has 0 aromatic carbocycles. The summed E-state index contributed by atoms with van der Waals surface area (Å²) in [7, 11) is -3.87. The SMILES string of the molecule is CCCCCCCCCCOCC(C)OCCCS(=O)(=O)O. The minimum Gasteiger partial charge on any atom is -0.379 e. The predicted octanol–water partition coefficient (Wildman–Crippen LogP) is 3.83. The molecule has 0 saturated carbocycles. The molecule has 5 nitrogen and oxygen atoms in total. The van der Waals surface area contributed by atoms with E-state index in [-0.39, 0.29) is 11.9 Å². The quantitative estimate of drug-likeness (QED) is 0.342. The van der Waals surface area contributed by atoms with Crippen LogP contribution in [0.2, 0.25) is 0 Å². The molecule has 1 atom stereocenters. The Morgan fingerprint density at radius 2 is 1.50 bits per heavy atom. The van der Waals surface area contributed by atoms with Crippen molar-refractivity contribution in [1.29, 1.82) is 0 Å². The van der Waals surface area contributed by atoms with Crippen LogP contribution in [-0.4, -0.2) is 44.6 Å². The van der Waals surface area contributed by atoms with E-state index in [2.05, 4.69) is 6.92 Å². The molecule has 0 aliphatic heterocycles. The van der Waals surface area contributed by atoms with Crippen LogP contribution >= 0.6 is 0 Å². The summed E-state index contributed by atoms with van der Waals surface area (Å²) in [5.74, 6) is -0.251. The molecule has 1 N–H and O–H groups in total. The Hall–Kier alpha value is -0.170. The van der Waals surface area contributed by atoms with Crippen molar-refractivity contribution in [3.63, 3.8) is 0 Å². The molecule has 0 amide bonds. The lowest BCUT2D eigenvalue weighted by molar-refractivity contribution is -0.00705. The van der Waals surface area contributed by atoms with Gasteiger partial charge in [0.2, 0.25) is 0 Å². The minimum atomic E-state index is -3.87. The standard InChI is InChI=1S/C16H34O5S/c1-3-4-5-6-7-8-9-10-12-20-15-16(2)21-13-11-14-22(17,18)19/h16H,3-15H2,1-2H3,(H,17,18,19).